The van der Waals surface area contributed by atoms with Crippen molar-refractivity contribution in [3.05, 3.63) is 58.9 Å². The third-order valence-corrected chi connectivity index (χ3v) is 4.75. The Morgan fingerprint density at radius 1 is 1.20 bits per heavy atom. The molecule has 5 nitrogen and oxygen atoms in total. The Kier molecular flexibility index (Phi) is 5.89. The fourth-order valence-corrected chi connectivity index (χ4v) is 2.94. The molecule has 1 aromatic heterocycles. The third-order valence-electron chi connectivity index (χ3n) is 4.33. The molecule has 0 bridgehead atoms. The number of piperazine rings is 1. The first-order valence-corrected chi connectivity index (χ1v) is 8.78. The zero-order chi connectivity index (χ0) is 17.6. The van der Waals surface area contributed by atoms with Gasteiger partial charge in [-0.3, -0.25) is 14.7 Å². The first-order chi connectivity index (χ1) is 12.1. The number of carbonyl (C=O) groups is 1. The van der Waals surface area contributed by atoms with Crippen molar-refractivity contribution in [3.8, 4) is 5.75 Å². The van der Waals surface area contributed by atoms with E-state index in [9.17, 15) is 4.79 Å². The summed E-state index contributed by atoms with van der Waals surface area (Å²) >= 11 is 6.00. The van der Waals surface area contributed by atoms with Crippen LogP contribution < -0.4 is 4.74 Å². The van der Waals surface area contributed by atoms with Gasteiger partial charge < -0.3 is 9.64 Å². The molecule has 6 heteroatoms. The van der Waals surface area contributed by atoms with Gasteiger partial charge in [0, 0.05) is 43.9 Å². The van der Waals surface area contributed by atoms with E-state index < -0.39 is 0 Å². The number of ether oxygens (including phenoxy) is 1. The first-order valence-electron chi connectivity index (χ1n) is 8.41. The Morgan fingerprint density at radius 3 is 2.68 bits per heavy atom. The lowest BCUT2D eigenvalue weighted by Gasteiger charge is -2.34. The molecular weight excluding hydrogens is 338 g/mol. The van der Waals surface area contributed by atoms with E-state index in [0.29, 0.717) is 23.9 Å². The number of amides is 1. The summed E-state index contributed by atoms with van der Waals surface area (Å²) in [5.74, 6) is 0.689. The van der Waals surface area contributed by atoms with Gasteiger partial charge in [0.05, 0.1) is 5.69 Å². The molecule has 1 aliphatic heterocycles. The number of nitrogens with zero attached hydrogens (tertiary/aromatic N) is 3. The second-order valence-corrected chi connectivity index (χ2v) is 6.58. The molecule has 2 aromatic rings. The van der Waals surface area contributed by atoms with Crippen LogP contribution in [-0.2, 0) is 11.3 Å². The summed E-state index contributed by atoms with van der Waals surface area (Å²) in [6, 6.07) is 11.4. The molecule has 0 aliphatic carbocycles. The molecule has 1 amide bonds. The van der Waals surface area contributed by atoms with Crippen LogP contribution in [0.15, 0.2) is 42.6 Å². The van der Waals surface area contributed by atoms with Crippen molar-refractivity contribution >= 4 is 17.5 Å². The van der Waals surface area contributed by atoms with Gasteiger partial charge in [-0.25, -0.2) is 0 Å². The maximum absolute atomic E-state index is 12.3. The molecule has 1 aromatic carbocycles. The lowest BCUT2D eigenvalue weighted by molar-refractivity contribution is -0.135. The fraction of sp³-hybridized carbons (Fsp3) is 0.368. The summed E-state index contributed by atoms with van der Waals surface area (Å²) < 4.78 is 5.61. The average molecular weight is 360 g/mol. The van der Waals surface area contributed by atoms with E-state index in [1.54, 1.807) is 12.1 Å². The van der Waals surface area contributed by atoms with Crippen LogP contribution >= 0.6 is 11.6 Å². The zero-order valence-corrected chi connectivity index (χ0v) is 15.1. The maximum atomic E-state index is 12.3. The van der Waals surface area contributed by atoms with Crippen LogP contribution in [0.4, 0.5) is 0 Å². The molecule has 3 rings (SSSR count). The molecule has 0 spiro atoms. The Morgan fingerprint density at radius 2 is 2.00 bits per heavy atom. The second-order valence-electron chi connectivity index (χ2n) is 6.18. The van der Waals surface area contributed by atoms with Crippen molar-refractivity contribution in [1.29, 1.82) is 0 Å². The molecule has 0 unspecified atom stereocenters. The summed E-state index contributed by atoms with van der Waals surface area (Å²) in [4.78, 5) is 20.9. The topological polar surface area (TPSA) is 45.7 Å². The standard InChI is InChI=1S/C19H22ClN3O2/c1-15-12-17(5-6-18(15)20)25-14-19(24)23-10-8-22(9-11-23)13-16-4-2-3-7-21-16/h2-7,12H,8-11,13-14H2,1H3. The number of carbonyl (C=O) groups excluding carboxylic acids is 1. The predicted octanol–water partition coefficient (Wildman–Crippen LogP) is 2.77. The number of hydrogen-bond acceptors (Lipinski definition) is 4. The summed E-state index contributed by atoms with van der Waals surface area (Å²) in [6.07, 6.45) is 1.81. The lowest BCUT2D eigenvalue weighted by atomic mass is 10.2. The molecule has 2 heterocycles. The van der Waals surface area contributed by atoms with Crippen LogP contribution in [0.3, 0.4) is 0 Å². The van der Waals surface area contributed by atoms with Crippen LogP contribution in [0.2, 0.25) is 5.02 Å². The van der Waals surface area contributed by atoms with Crippen LogP contribution in [0.1, 0.15) is 11.3 Å². The Bertz CT molecular complexity index is 716. The van der Waals surface area contributed by atoms with Crippen LogP contribution in [0.25, 0.3) is 0 Å². The molecule has 0 N–H and O–H groups in total. The second kappa shape index (κ2) is 8.32. The molecule has 0 atom stereocenters. The highest BCUT2D eigenvalue weighted by molar-refractivity contribution is 6.31. The van der Waals surface area contributed by atoms with Crippen molar-refractivity contribution in [1.82, 2.24) is 14.8 Å². The minimum atomic E-state index is 0.0186. The molecule has 25 heavy (non-hydrogen) atoms. The van der Waals surface area contributed by atoms with Gasteiger partial charge in [0.2, 0.25) is 0 Å². The maximum Gasteiger partial charge on any atom is 0.260 e. The predicted molar refractivity (Wildman–Crippen MR) is 97.8 cm³/mol. The van der Waals surface area contributed by atoms with E-state index in [0.717, 1.165) is 30.9 Å². The molecule has 132 valence electrons. The summed E-state index contributed by atoms with van der Waals surface area (Å²) in [7, 11) is 0. The first kappa shape index (κ1) is 17.7. The van der Waals surface area contributed by atoms with E-state index in [1.165, 1.54) is 0 Å². The van der Waals surface area contributed by atoms with Crippen molar-refractivity contribution in [2.24, 2.45) is 0 Å². The summed E-state index contributed by atoms with van der Waals surface area (Å²) in [5, 5.41) is 0.697. The minimum Gasteiger partial charge on any atom is -0.484 e. The average Bonchev–Trinajstić information content (AvgIpc) is 2.64. The van der Waals surface area contributed by atoms with Gasteiger partial charge in [0.15, 0.2) is 6.61 Å². The fourth-order valence-electron chi connectivity index (χ4n) is 2.82. The normalized spacial score (nSPS) is 15.2. The Hall–Kier alpha value is -2.11. The highest BCUT2D eigenvalue weighted by Gasteiger charge is 2.21. The van der Waals surface area contributed by atoms with Crippen molar-refractivity contribution in [3.63, 3.8) is 0 Å². The Balaban J connectivity index is 1.44. The van der Waals surface area contributed by atoms with Crippen LogP contribution in [0, 0.1) is 6.92 Å². The van der Waals surface area contributed by atoms with Gasteiger partial charge in [-0.1, -0.05) is 17.7 Å². The zero-order valence-electron chi connectivity index (χ0n) is 14.3. The van der Waals surface area contributed by atoms with Crippen LogP contribution in [0.5, 0.6) is 5.75 Å². The highest BCUT2D eigenvalue weighted by atomic mass is 35.5. The van der Waals surface area contributed by atoms with Gasteiger partial charge in [0.25, 0.3) is 5.91 Å². The van der Waals surface area contributed by atoms with E-state index in [2.05, 4.69) is 9.88 Å². The number of hydrogen-bond donors (Lipinski definition) is 0. The van der Waals surface area contributed by atoms with E-state index in [-0.39, 0.29) is 12.5 Å². The molecule has 1 fully saturated rings. The van der Waals surface area contributed by atoms with Gasteiger partial charge in [-0.05, 0) is 42.8 Å². The number of benzene rings is 1. The van der Waals surface area contributed by atoms with E-state index in [4.69, 9.17) is 16.3 Å². The minimum absolute atomic E-state index is 0.0186. The molecule has 0 radical (unpaired) electrons. The van der Waals surface area contributed by atoms with Gasteiger partial charge >= 0.3 is 0 Å². The molecule has 1 saturated heterocycles. The largest absolute Gasteiger partial charge is 0.484 e. The van der Waals surface area contributed by atoms with Crippen molar-refractivity contribution < 1.29 is 9.53 Å². The number of rotatable bonds is 5. The smallest absolute Gasteiger partial charge is 0.260 e. The van der Waals surface area contributed by atoms with Crippen molar-refractivity contribution in [2.45, 2.75) is 13.5 Å². The number of aryl methyl sites for hydroxylation is 1. The SMILES string of the molecule is Cc1cc(OCC(=O)N2CCN(Cc3ccccn3)CC2)ccc1Cl. The number of aromatic nitrogens is 1. The van der Waals surface area contributed by atoms with Gasteiger partial charge in [-0.2, -0.15) is 0 Å². The quantitative estimate of drug-likeness (QED) is 0.823. The lowest BCUT2D eigenvalue weighted by Crippen LogP contribution is -2.49. The van der Waals surface area contributed by atoms with E-state index >= 15 is 0 Å². The number of pyridine rings is 1. The highest BCUT2D eigenvalue weighted by Crippen LogP contribution is 2.21. The third kappa shape index (κ3) is 4.94. The Labute approximate surface area is 153 Å². The summed E-state index contributed by atoms with van der Waals surface area (Å²) in [6.45, 7) is 5.93. The molecular formula is C19H22ClN3O2. The van der Waals surface area contributed by atoms with E-state index in [1.807, 2.05) is 42.3 Å². The molecule has 1 aliphatic rings. The number of halogens is 1. The van der Waals surface area contributed by atoms with Crippen molar-refractivity contribution in [2.75, 3.05) is 32.8 Å². The van der Waals surface area contributed by atoms with Gasteiger partial charge in [0.1, 0.15) is 5.75 Å². The molecule has 0 saturated carbocycles. The monoisotopic (exact) mass is 359 g/mol. The van der Waals surface area contributed by atoms with Crippen LogP contribution in [-0.4, -0.2) is 53.5 Å². The summed E-state index contributed by atoms with van der Waals surface area (Å²) in [5.41, 5.74) is 2.00. The van der Waals surface area contributed by atoms with Gasteiger partial charge in [-0.15, -0.1) is 0 Å².